The quantitative estimate of drug-likeness (QED) is 0.464. The van der Waals surface area contributed by atoms with Crippen molar-refractivity contribution in [1.82, 2.24) is 0 Å². The number of anilines is 1. The molecule has 0 saturated carbocycles. The molecule has 0 saturated heterocycles. The summed E-state index contributed by atoms with van der Waals surface area (Å²) in [5.74, 6) is 0.616. The monoisotopic (exact) mass is 408 g/mol. The van der Waals surface area contributed by atoms with Crippen LogP contribution in [0.25, 0.3) is 6.08 Å². The second-order valence-electron chi connectivity index (χ2n) is 4.23. The Hall–Kier alpha value is -2.27. The fourth-order valence-corrected chi connectivity index (χ4v) is 2.16. The largest absolute Gasteiger partial charge is 0.494 e. The molecule has 1 amide bonds. The zero-order valence-electron chi connectivity index (χ0n) is 11.8. The van der Waals surface area contributed by atoms with Gasteiger partial charge in [0, 0.05) is 17.8 Å². The SMILES string of the molecule is CCOc1cccc(NC(=O)C(C#N)=Cc2ccc(I)o2)c1. The maximum atomic E-state index is 12.1. The lowest BCUT2D eigenvalue weighted by Crippen LogP contribution is -2.13. The topological polar surface area (TPSA) is 75.3 Å². The van der Waals surface area contributed by atoms with Crippen molar-refractivity contribution in [2.24, 2.45) is 0 Å². The molecule has 0 aliphatic rings. The summed E-state index contributed by atoms with van der Waals surface area (Å²) in [5.41, 5.74) is 0.527. The maximum Gasteiger partial charge on any atom is 0.266 e. The van der Waals surface area contributed by atoms with Crippen LogP contribution >= 0.6 is 22.6 Å². The van der Waals surface area contributed by atoms with Gasteiger partial charge in [0.15, 0.2) is 3.77 Å². The Kier molecular flexibility index (Phi) is 5.61. The first kappa shape index (κ1) is 16.1. The van der Waals surface area contributed by atoms with Crippen LogP contribution in [-0.4, -0.2) is 12.5 Å². The molecule has 112 valence electrons. The van der Waals surface area contributed by atoms with Crippen LogP contribution in [0.4, 0.5) is 5.69 Å². The van der Waals surface area contributed by atoms with Gasteiger partial charge in [0.1, 0.15) is 23.2 Å². The van der Waals surface area contributed by atoms with Gasteiger partial charge in [-0.15, -0.1) is 0 Å². The van der Waals surface area contributed by atoms with Crippen LogP contribution in [0.2, 0.25) is 0 Å². The first-order chi connectivity index (χ1) is 10.6. The van der Waals surface area contributed by atoms with Crippen molar-refractivity contribution in [1.29, 1.82) is 5.26 Å². The van der Waals surface area contributed by atoms with Crippen molar-refractivity contribution >= 4 is 40.3 Å². The normalized spacial score (nSPS) is 10.9. The van der Waals surface area contributed by atoms with Crippen molar-refractivity contribution in [3.05, 3.63) is 51.5 Å². The number of ether oxygens (including phenoxy) is 1. The van der Waals surface area contributed by atoms with Crippen LogP contribution in [0.15, 0.2) is 46.4 Å². The maximum absolute atomic E-state index is 12.1. The van der Waals surface area contributed by atoms with Crippen molar-refractivity contribution in [2.75, 3.05) is 11.9 Å². The number of nitriles is 1. The average molecular weight is 408 g/mol. The van der Waals surface area contributed by atoms with E-state index in [1.54, 1.807) is 36.4 Å². The van der Waals surface area contributed by atoms with Crippen molar-refractivity contribution in [2.45, 2.75) is 6.92 Å². The zero-order valence-corrected chi connectivity index (χ0v) is 14.0. The number of benzene rings is 1. The fourth-order valence-electron chi connectivity index (χ4n) is 1.73. The van der Waals surface area contributed by atoms with Crippen molar-refractivity contribution in [3.63, 3.8) is 0 Å². The molecule has 0 unspecified atom stereocenters. The zero-order chi connectivity index (χ0) is 15.9. The average Bonchev–Trinajstić information content (AvgIpc) is 2.90. The van der Waals surface area contributed by atoms with Gasteiger partial charge in [0.2, 0.25) is 0 Å². The molecule has 22 heavy (non-hydrogen) atoms. The number of nitrogens with zero attached hydrogens (tertiary/aromatic N) is 1. The van der Waals surface area contributed by atoms with Crippen LogP contribution in [0.1, 0.15) is 12.7 Å². The van der Waals surface area contributed by atoms with Gasteiger partial charge in [0.25, 0.3) is 5.91 Å². The Morgan fingerprint density at radius 3 is 2.91 bits per heavy atom. The lowest BCUT2D eigenvalue weighted by atomic mass is 10.2. The molecule has 0 spiro atoms. The highest BCUT2D eigenvalue weighted by Gasteiger charge is 2.11. The number of carbonyl (C=O) groups is 1. The van der Waals surface area contributed by atoms with Crippen LogP contribution in [0.3, 0.4) is 0 Å². The van der Waals surface area contributed by atoms with E-state index in [0.29, 0.717) is 27.6 Å². The molecule has 0 bridgehead atoms. The summed E-state index contributed by atoms with van der Waals surface area (Å²) in [6.07, 6.45) is 1.41. The van der Waals surface area contributed by atoms with E-state index in [4.69, 9.17) is 14.4 Å². The molecular weight excluding hydrogens is 395 g/mol. The van der Waals surface area contributed by atoms with Gasteiger partial charge >= 0.3 is 0 Å². The van der Waals surface area contributed by atoms with Crippen LogP contribution in [0.5, 0.6) is 5.75 Å². The van der Waals surface area contributed by atoms with Crippen molar-refractivity contribution < 1.29 is 13.9 Å². The summed E-state index contributed by atoms with van der Waals surface area (Å²) < 4.78 is 11.4. The second-order valence-corrected chi connectivity index (χ2v) is 5.29. The van der Waals surface area contributed by atoms with Crippen LogP contribution in [0, 0.1) is 15.1 Å². The highest BCUT2D eigenvalue weighted by Crippen LogP contribution is 2.19. The summed E-state index contributed by atoms with van der Waals surface area (Å²) in [5, 5.41) is 11.8. The lowest BCUT2D eigenvalue weighted by Gasteiger charge is -2.07. The lowest BCUT2D eigenvalue weighted by molar-refractivity contribution is -0.112. The van der Waals surface area contributed by atoms with E-state index in [-0.39, 0.29) is 5.57 Å². The molecule has 0 atom stereocenters. The summed E-state index contributed by atoms with van der Waals surface area (Å²) >= 11 is 2.01. The smallest absolute Gasteiger partial charge is 0.266 e. The molecule has 5 nitrogen and oxygen atoms in total. The third-order valence-electron chi connectivity index (χ3n) is 2.65. The van der Waals surface area contributed by atoms with Gasteiger partial charge in [-0.25, -0.2) is 0 Å². The van der Waals surface area contributed by atoms with Crippen LogP contribution in [-0.2, 0) is 4.79 Å². The predicted octanol–water partition coefficient (Wildman–Crippen LogP) is 3.83. The molecule has 1 aromatic heterocycles. The number of halogens is 1. The molecule has 1 N–H and O–H groups in total. The third kappa shape index (κ3) is 4.36. The number of hydrogen-bond donors (Lipinski definition) is 1. The fraction of sp³-hybridized carbons (Fsp3) is 0.125. The van der Waals surface area contributed by atoms with E-state index in [1.165, 1.54) is 6.08 Å². The number of rotatable bonds is 5. The summed E-state index contributed by atoms with van der Waals surface area (Å²) in [6.45, 7) is 2.42. The molecule has 0 fully saturated rings. The Morgan fingerprint density at radius 1 is 1.45 bits per heavy atom. The minimum absolute atomic E-state index is 0.0347. The van der Waals surface area contributed by atoms with Gasteiger partial charge in [-0.1, -0.05) is 6.07 Å². The van der Waals surface area contributed by atoms with E-state index in [0.717, 1.165) is 0 Å². The standard InChI is InChI=1S/C16H13IN2O3/c1-2-21-13-5-3-4-12(9-13)19-16(20)11(10-18)8-14-6-7-15(17)22-14/h3-9H,2H2,1H3,(H,19,20). The molecule has 6 heteroatoms. The third-order valence-corrected chi connectivity index (χ3v) is 3.23. The molecule has 0 radical (unpaired) electrons. The molecule has 2 rings (SSSR count). The Balaban J connectivity index is 2.14. The summed E-state index contributed by atoms with van der Waals surface area (Å²) in [7, 11) is 0. The molecule has 0 aliphatic heterocycles. The minimum Gasteiger partial charge on any atom is -0.494 e. The van der Waals surface area contributed by atoms with Gasteiger partial charge in [-0.05, 0) is 53.8 Å². The number of carbonyl (C=O) groups excluding carboxylic acids is 1. The number of furan rings is 1. The van der Waals surface area contributed by atoms with Gasteiger partial charge < -0.3 is 14.5 Å². The van der Waals surface area contributed by atoms with E-state index >= 15 is 0 Å². The van der Waals surface area contributed by atoms with E-state index in [1.807, 2.05) is 35.6 Å². The van der Waals surface area contributed by atoms with Gasteiger partial charge in [-0.3, -0.25) is 4.79 Å². The van der Waals surface area contributed by atoms with Crippen LogP contribution < -0.4 is 10.1 Å². The summed E-state index contributed by atoms with van der Waals surface area (Å²) in [6, 6.07) is 12.3. The number of amides is 1. The Labute approximate surface area is 141 Å². The molecule has 2 aromatic rings. The first-order valence-electron chi connectivity index (χ1n) is 6.53. The summed E-state index contributed by atoms with van der Waals surface area (Å²) in [4.78, 5) is 12.1. The second kappa shape index (κ2) is 7.66. The molecule has 1 heterocycles. The molecule has 0 aliphatic carbocycles. The molecular formula is C16H13IN2O3. The number of nitrogens with one attached hydrogen (secondary N) is 1. The number of hydrogen-bond acceptors (Lipinski definition) is 4. The predicted molar refractivity (Wildman–Crippen MR) is 91.3 cm³/mol. The van der Waals surface area contributed by atoms with Crippen molar-refractivity contribution in [3.8, 4) is 11.8 Å². The van der Waals surface area contributed by atoms with E-state index in [2.05, 4.69) is 5.32 Å². The van der Waals surface area contributed by atoms with Gasteiger partial charge in [0.05, 0.1) is 6.61 Å². The van der Waals surface area contributed by atoms with E-state index in [9.17, 15) is 4.79 Å². The Morgan fingerprint density at radius 2 is 2.27 bits per heavy atom. The highest BCUT2D eigenvalue weighted by molar-refractivity contribution is 14.1. The minimum atomic E-state index is -0.498. The van der Waals surface area contributed by atoms with E-state index < -0.39 is 5.91 Å². The highest BCUT2D eigenvalue weighted by atomic mass is 127. The molecule has 1 aromatic carbocycles. The Bertz CT molecular complexity index is 744. The van der Waals surface area contributed by atoms with Gasteiger partial charge in [-0.2, -0.15) is 5.26 Å². The first-order valence-corrected chi connectivity index (χ1v) is 7.61.